The van der Waals surface area contributed by atoms with E-state index in [4.69, 9.17) is 11.6 Å². The molecule has 162 valence electrons. The quantitative estimate of drug-likeness (QED) is 0.176. The number of aromatic nitrogens is 2. The molecule has 0 aliphatic carbocycles. The average molecular weight is 499 g/mol. The zero-order valence-electron chi connectivity index (χ0n) is 17.1. The van der Waals surface area contributed by atoms with Gasteiger partial charge < -0.3 is 0 Å². The van der Waals surface area contributed by atoms with Gasteiger partial charge in [-0.05, 0) is 35.4 Å². The number of benzene rings is 3. The third kappa shape index (κ3) is 6.10. The van der Waals surface area contributed by atoms with Crippen LogP contribution in [-0.2, 0) is 10.5 Å². The van der Waals surface area contributed by atoms with Crippen LogP contribution in [0.3, 0.4) is 0 Å². The van der Waals surface area contributed by atoms with Crippen molar-refractivity contribution >= 4 is 68.9 Å². The Morgan fingerprint density at radius 2 is 1.72 bits per heavy atom. The molecular weight excluding hydrogens is 480 g/mol. The first-order chi connectivity index (χ1) is 15.6. The maximum absolute atomic E-state index is 12.3. The molecular formula is C23H19ClN4OS3. The Bertz CT molecular complexity index is 1250. The molecule has 1 aromatic heterocycles. The van der Waals surface area contributed by atoms with Crippen LogP contribution in [-0.4, -0.2) is 27.6 Å². The van der Waals surface area contributed by atoms with Crippen LogP contribution in [0.5, 0.6) is 0 Å². The van der Waals surface area contributed by atoms with Crippen molar-refractivity contribution in [2.45, 2.75) is 21.4 Å². The SMILES string of the molecule is CC(=NNC(=O)CSc1nnc(SCc2ccc(Cl)cc2)s1)c1cccc2ccccc12. The highest BCUT2D eigenvalue weighted by molar-refractivity contribution is 8.03. The van der Waals surface area contributed by atoms with E-state index < -0.39 is 0 Å². The molecule has 4 rings (SSSR count). The number of carbonyl (C=O) groups excluding carboxylic acids is 1. The van der Waals surface area contributed by atoms with Gasteiger partial charge in [-0.2, -0.15) is 5.10 Å². The summed E-state index contributed by atoms with van der Waals surface area (Å²) < 4.78 is 1.63. The minimum absolute atomic E-state index is 0.180. The van der Waals surface area contributed by atoms with Crippen molar-refractivity contribution in [2.75, 3.05) is 5.75 Å². The van der Waals surface area contributed by atoms with Crippen molar-refractivity contribution in [1.82, 2.24) is 15.6 Å². The van der Waals surface area contributed by atoms with Crippen LogP contribution in [0.25, 0.3) is 10.8 Å². The predicted molar refractivity (Wildman–Crippen MR) is 136 cm³/mol. The molecule has 9 heteroatoms. The molecule has 0 saturated carbocycles. The molecule has 0 spiro atoms. The van der Waals surface area contributed by atoms with Crippen LogP contribution >= 0.6 is 46.5 Å². The number of nitrogens with zero attached hydrogens (tertiary/aromatic N) is 3. The number of nitrogens with one attached hydrogen (secondary N) is 1. The van der Waals surface area contributed by atoms with Gasteiger partial charge in [-0.1, -0.05) is 101 Å². The van der Waals surface area contributed by atoms with E-state index in [2.05, 4.69) is 38.9 Å². The van der Waals surface area contributed by atoms with E-state index in [9.17, 15) is 4.79 Å². The zero-order valence-corrected chi connectivity index (χ0v) is 20.3. The van der Waals surface area contributed by atoms with Crippen LogP contribution in [0.4, 0.5) is 0 Å². The molecule has 0 saturated heterocycles. The second-order valence-electron chi connectivity index (χ2n) is 6.80. The van der Waals surface area contributed by atoms with Crippen LogP contribution in [0.15, 0.2) is 80.5 Å². The lowest BCUT2D eigenvalue weighted by Crippen LogP contribution is -2.21. The normalized spacial score (nSPS) is 11.6. The molecule has 1 heterocycles. The zero-order chi connectivity index (χ0) is 22.3. The first-order valence-electron chi connectivity index (χ1n) is 9.73. The average Bonchev–Trinajstić information content (AvgIpc) is 3.28. The number of amides is 1. The summed E-state index contributed by atoms with van der Waals surface area (Å²) in [4.78, 5) is 12.3. The van der Waals surface area contributed by atoms with Gasteiger partial charge in [0.2, 0.25) is 0 Å². The predicted octanol–water partition coefficient (Wildman–Crippen LogP) is 6.27. The Balaban J connectivity index is 1.28. The summed E-state index contributed by atoms with van der Waals surface area (Å²) in [7, 11) is 0. The highest BCUT2D eigenvalue weighted by atomic mass is 35.5. The summed E-state index contributed by atoms with van der Waals surface area (Å²) in [6.45, 7) is 1.89. The summed E-state index contributed by atoms with van der Waals surface area (Å²) in [5.41, 5.74) is 5.57. The molecule has 1 N–H and O–H groups in total. The minimum Gasteiger partial charge on any atom is -0.272 e. The van der Waals surface area contributed by atoms with Crippen molar-refractivity contribution < 1.29 is 4.79 Å². The van der Waals surface area contributed by atoms with Crippen LogP contribution in [0.1, 0.15) is 18.1 Å². The molecule has 0 radical (unpaired) electrons. The lowest BCUT2D eigenvalue weighted by molar-refractivity contribution is -0.118. The van der Waals surface area contributed by atoms with Crippen LogP contribution in [0, 0.1) is 0 Å². The number of hydrogen-bond acceptors (Lipinski definition) is 7. The fraction of sp³-hybridized carbons (Fsp3) is 0.130. The Morgan fingerprint density at radius 3 is 2.53 bits per heavy atom. The van der Waals surface area contributed by atoms with Crippen molar-refractivity contribution in [2.24, 2.45) is 5.10 Å². The number of rotatable bonds is 8. The number of halogens is 1. The fourth-order valence-corrected chi connectivity index (χ4v) is 5.84. The third-order valence-corrected chi connectivity index (χ3v) is 8.03. The standard InChI is InChI=1S/C23H19ClN4OS3/c1-15(19-8-4-6-17-5-2-3-7-20(17)19)25-26-21(29)14-31-23-28-27-22(32-23)30-13-16-9-11-18(24)12-10-16/h2-12H,13-14H2,1H3,(H,26,29). The van der Waals surface area contributed by atoms with Crippen molar-refractivity contribution in [1.29, 1.82) is 0 Å². The van der Waals surface area contributed by atoms with Gasteiger partial charge in [0.05, 0.1) is 11.5 Å². The number of carbonyl (C=O) groups is 1. The van der Waals surface area contributed by atoms with Gasteiger partial charge >= 0.3 is 0 Å². The van der Waals surface area contributed by atoms with E-state index >= 15 is 0 Å². The van der Waals surface area contributed by atoms with Gasteiger partial charge in [0, 0.05) is 16.3 Å². The van der Waals surface area contributed by atoms with E-state index in [1.165, 1.54) is 28.7 Å². The second-order valence-corrected chi connectivity index (χ2v) is 10.7. The lowest BCUT2D eigenvalue weighted by Gasteiger charge is -2.06. The first-order valence-corrected chi connectivity index (χ1v) is 12.9. The maximum atomic E-state index is 12.3. The van der Waals surface area contributed by atoms with Gasteiger partial charge in [0.15, 0.2) is 8.68 Å². The number of thioether (sulfide) groups is 2. The van der Waals surface area contributed by atoms with E-state index in [0.29, 0.717) is 0 Å². The molecule has 1 amide bonds. The monoisotopic (exact) mass is 498 g/mol. The van der Waals surface area contributed by atoms with Gasteiger partial charge in [0.25, 0.3) is 5.91 Å². The van der Waals surface area contributed by atoms with Crippen molar-refractivity contribution in [3.63, 3.8) is 0 Å². The summed E-state index contributed by atoms with van der Waals surface area (Å²) in [6, 6.07) is 21.9. The van der Waals surface area contributed by atoms with Crippen LogP contribution < -0.4 is 5.43 Å². The smallest absolute Gasteiger partial charge is 0.250 e. The van der Waals surface area contributed by atoms with E-state index in [1.54, 1.807) is 11.8 Å². The summed E-state index contributed by atoms with van der Waals surface area (Å²) >= 11 is 10.4. The molecule has 0 atom stereocenters. The Kier molecular flexibility index (Phi) is 7.81. The lowest BCUT2D eigenvalue weighted by atomic mass is 10.0. The number of fused-ring (bicyclic) bond motifs is 1. The first kappa shape index (κ1) is 22.8. The fourth-order valence-electron chi connectivity index (χ4n) is 2.95. The second kappa shape index (κ2) is 11.0. The van der Waals surface area contributed by atoms with Crippen molar-refractivity contribution in [3.05, 3.63) is 82.9 Å². The number of hydrogen-bond donors (Lipinski definition) is 1. The molecule has 0 bridgehead atoms. The molecule has 0 aliphatic rings. The van der Waals surface area contributed by atoms with Crippen molar-refractivity contribution in [3.8, 4) is 0 Å². The van der Waals surface area contributed by atoms with E-state index in [-0.39, 0.29) is 11.7 Å². The van der Waals surface area contributed by atoms with Gasteiger partial charge in [-0.15, -0.1) is 10.2 Å². The minimum atomic E-state index is -0.180. The van der Waals surface area contributed by atoms with Gasteiger partial charge in [-0.25, -0.2) is 5.43 Å². The van der Waals surface area contributed by atoms with E-state index in [1.807, 2.05) is 55.5 Å². The molecule has 3 aromatic carbocycles. The van der Waals surface area contributed by atoms with Gasteiger partial charge in [0.1, 0.15) is 0 Å². The Morgan fingerprint density at radius 1 is 1.00 bits per heavy atom. The highest BCUT2D eigenvalue weighted by Gasteiger charge is 2.10. The topological polar surface area (TPSA) is 67.2 Å². The Hall–Kier alpha value is -2.39. The van der Waals surface area contributed by atoms with Crippen LogP contribution in [0.2, 0.25) is 5.02 Å². The van der Waals surface area contributed by atoms with E-state index in [0.717, 1.165) is 41.5 Å². The maximum Gasteiger partial charge on any atom is 0.250 e. The molecule has 5 nitrogen and oxygen atoms in total. The summed E-state index contributed by atoms with van der Waals surface area (Å²) in [6.07, 6.45) is 0. The third-order valence-electron chi connectivity index (χ3n) is 4.52. The number of hydrazone groups is 1. The molecule has 0 unspecified atom stereocenters. The van der Waals surface area contributed by atoms with Gasteiger partial charge in [-0.3, -0.25) is 4.79 Å². The molecule has 0 aliphatic heterocycles. The largest absolute Gasteiger partial charge is 0.272 e. The molecule has 0 fully saturated rings. The molecule has 4 aromatic rings. The summed E-state index contributed by atoms with van der Waals surface area (Å²) in [5.74, 6) is 0.835. The summed E-state index contributed by atoms with van der Waals surface area (Å²) in [5, 5.41) is 15.6. The highest BCUT2D eigenvalue weighted by Crippen LogP contribution is 2.30. The Labute approximate surface area is 203 Å². The molecule has 32 heavy (non-hydrogen) atoms.